The van der Waals surface area contributed by atoms with Gasteiger partial charge in [-0.1, -0.05) is 19.1 Å². The lowest BCUT2D eigenvalue weighted by molar-refractivity contribution is -0.118. The fourth-order valence-corrected chi connectivity index (χ4v) is 2.46. The highest BCUT2D eigenvalue weighted by Crippen LogP contribution is 2.13. The van der Waals surface area contributed by atoms with Gasteiger partial charge >= 0.3 is 0 Å². The molecule has 1 amide bonds. The zero-order valence-electron chi connectivity index (χ0n) is 12.7. The molecular formula is C16H25N3O2. The Kier molecular flexibility index (Phi) is 6.02. The second-order valence-corrected chi connectivity index (χ2v) is 5.41. The van der Waals surface area contributed by atoms with Gasteiger partial charge in [-0.2, -0.15) is 0 Å². The molecule has 0 radical (unpaired) electrons. The van der Waals surface area contributed by atoms with E-state index < -0.39 is 0 Å². The zero-order valence-corrected chi connectivity index (χ0v) is 12.7. The van der Waals surface area contributed by atoms with Crippen molar-refractivity contribution in [2.24, 2.45) is 5.73 Å². The summed E-state index contributed by atoms with van der Waals surface area (Å²) in [6, 6.07) is 7.94. The van der Waals surface area contributed by atoms with Crippen LogP contribution in [0.25, 0.3) is 0 Å². The van der Waals surface area contributed by atoms with Gasteiger partial charge < -0.3 is 15.8 Å². The highest BCUT2D eigenvalue weighted by atomic mass is 16.5. The molecule has 1 aromatic rings. The van der Waals surface area contributed by atoms with Crippen LogP contribution in [0.15, 0.2) is 24.3 Å². The molecule has 0 unspecified atom stereocenters. The zero-order chi connectivity index (χ0) is 15.1. The molecule has 5 heteroatoms. The van der Waals surface area contributed by atoms with Gasteiger partial charge in [-0.25, -0.2) is 0 Å². The maximum Gasteiger partial charge on any atom is 0.239 e. The van der Waals surface area contributed by atoms with Gasteiger partial charge in [0.1, 0.15) is 6.04 Å². The Balaban J connectivity index is 1.82. The molecule has 0 aliphatic carbocycles. The number of carbonyl (C=O) groups is 1. The number of rotatable bonds is 7. The molecule has 21 heavy (non-hydrogen) atoms. The van der Waals surface area contributed by atoms with Crippen molar-refractivity contribution in [2.45, 2.75) is 25.8 Å². The third kappa shape index (κ3) is 5.02. The van der Waals surface area contributed by atoms with Crippen LogP contribution < -0.4 is 11.1 Å². The number of hydrogen-bond acceptors (Lipinski definition) is 4. The van der Waals surface area contributed by atoms with Gasteiger partial charge in [0.05, 0.1) is 13.2 Å². The van der Waals surface area contributed by atoms with Gasteiger partial charge in [0.15, 0.2) is 0 Å². The van der Waals surface area contributed by atoms with Gasteiger partial charge in [0.25, 0.3) is 0 Å². The van der Waals surface area contributed by atoms with Gasteiger partial charge in [-0.15, -0.1) is 0 Å². The first-order valence-corrected chi connectivity index (χ1v) is 7.64. The highest BCUT2D eigenvalue weighted by Gasteiger charge is 2.12. The molecule has 0 saturated carbocycles. The summed E-state index contributed by atoms with van der Waals surface area (Å²) >= 11 is 0. The average Bonchev–Trinajstić information content (AvgIpc) is 2.52. The molecule has 1 aromatic carbocycles. The number of nitrogens with two attached hydrogens (primary N) is 1. The summed E-state index contributed by atoms with van der Waals surface area (Å²) < 4.78 is 5.35. The summed E-state index contributed by atoms with van der Waals surface area (Å²) in [5.41, 5.74) is 7.58. The summed E-state index contributed by atoms with van der Waals surface area (Å²) in [6.45, 7) is 6.74. The third-order valence-electron chi connectivity index (χ3n) is 3.87. The number of hydrogen-bond donors (Lipinski definition) is 2. The minimum absolute atomic E-state index is 0.302. The molecule has 2 rings (SSSR count). The van der Waals surface area contributed by atoms with E-state index in [1.54, 1.807) is 0 Å². The van der Waals surface area contributed by atoms with Crippen LogP contribution >= 0.6 is 0 Å². The van der Waals surface area contributed by atoms with Crippen LogP contribution in [0.2, 0.25) is 0 Å². The average molecular weight is 291 g/mol. The lowest BCUT2D eigenvalue weighted by Gasteiger charge is -2.26. The van der Waals surface area contributed by atoms with Gasteiger partial charge in [0, 0.05) is 25.3 Å². The minimum Gasteiger partial charge on any atom is -0.379 e. The van der Waals surface area contributed by atoms with Crippen molar-refractivity contribution >= 4 is 11.6 Å². The van der Waals surface area contributed by atoms with E-state index in [4.69, 9.17) is 10.5 Å². The second kappa shape index (κ2) is 8.00. The molecule has 0 aromatic heterocycles. The summed E-state index contributed by atoms with van der Waals surface area (Å²) in [5.74, 6) is -0.311. The molecule has 1 atom stereocenters. The molecular weight excluding hydrogens is 266 g/mol. The molecule has 1 saturated heterocycles. The SMILES string of the molecule is CC[C@H](Nc1ccc(CCN2CCOCC2)cc1)C(N)=O. The van der Waals surface area contributed by atoms with Crippen LogP contribution in [0.1, 0.15) is 18.9 Å². The van der Waals surface area contributed by atoms with Crippen molar-refractivity contribution in [1.29, 1.82) is 0 Å². The van der Waals surface area contributed by atoms with Crippen molar-refractivity contribution in [3.63, 3.8) is 0 Å². The van der Waals surface area contributed by atoms with E-state index in [1.807, 2.05) is 19.1 Å². The topological polar surface area (TPSA) is 67.6 Å². The number of anilines is 1. The lowest BCUT2D eigenvalue weighted by atomic mass is 10.1. The molecule has 5 nitrogen and oxygen atoms in total. The van der Waals surface area contributed by atoms with Crippen molar-refractivity contribution < 1.29 is 9.53 Å². The van der Waals surface area contributed by atoms with Crippen molar-refractivity contribution in [3.8, 4) is 0 Å². The maximum atomic E-state index is 11.2. The van der Waals surface area contributed by atoms with Crippen molar-refractivity contribution in [3.05, 3.63) is 29.8 Å². The van der Waals surface area contributed by atoms with Crippen molar-refractivity contribution in [2.75, 3.05) is 38.2 Å². The Labute approximate surface area is 126 Å². The smallest absolute Gasteiger partial charge is 0.239 e. The molecule has 0 spiro atoms. The Hall–Kier alpha value is -1.59. The van der Waals surface area contributed by atoms with Crippen LogP contribution in [-0.4, -0.2) is 49.7 Å². The van der Waals surface area contributed by atoms with Crippen LogP contribution in [0.4, 0.5) is 5.69 Å². The number of nitrogens with zero attached hydrogens (tertiary/aromatic N) is 1. The quantitative estimate of drug-likeness (QED) is 0.793. The molecule has 1 heterocycles. The summed E-state index contributed by atoms with van der Waals surface area (Å²) in [7, 11) is 0. The first kappa shape index (κ1) is 15.8. The molecule has 3 N–H and O–H groups in total. The second-order valence-electron chi connectivity index (χ2n) is 5.41. The number of morpholine rings is 1. The lowest BCUT2D eigenvalue weighted by Crippen LogP contribution is -2.37. The van der Waals surface area contributed by atoms with E-state index in [2.05, 4.69) is 22.3 Å². The van der Waals surface area contributed by atoms with Crippen LogP contribution in [0.3, 0.4) is 0 Å². The highest BCUT2D eigenvalue weighted by molar-refractivity contribution is 5.82. The van der Waals surface area contributed by atoms with E-state index in [0.717, 1.165) is 45.0 Å². The molecule has 116 valence electrons. The molecule has 1 fully saturated rings. The number of ether oxygens (including phenoxy) is 1. The normalized spacial score (nSPS) is 17.4. The van der Waals surface area contributed by atoms with Crippen LogP contribution in [0.5, 0.6) is 0 Å². The van der Waals surface area contributed by atoms with Gasteiger partial charge in [0.2, 0.25) is 5.91 Å². The molecule has 1 aliphatic heterocycles. The Morgan fingerprint density at radius 3 is 2.57 bits per heavy atom. The van der Waals surface area contributed by atoms with Crippen LogP contribution in [0, 0.1) is 0 Å². The number of carbonyl (C=O) groups excluding carboxylic acids is 1. The number of amides is 1. The van der Waals surface area contributed by atoms with E-state index >= 15 is 0 Å². The third-order valence-corrected chi connectivity index (χ3v) is 3.87. The fraction of sp³-hybridized carbons (Fsp3) is 0.562. The molecule has 1 aliphatic rings. The Bertz CT molecular complexity index is 441. The summed E-state index contributed by atoms with van der Waals surface area (Å²) in [4.78, 5) is 13.6. The first-order chi connectivity index (χ1) is 10.2. The monoisotopic (exact) mass is 291 g/mol. The summed E-state index contributed by atoms with van der Waals surface area (Å²) in [5, 5.41) is 3.16. The number of benzene rings is 1. The van der Waals surface area contributed by atoms with Crippen molar-refractivity contribution in [1.82, 2.24) is 4.90 Å². The predicted molar refractivity (Wildman–Crippen MR) is 84.3 cm³/mol. The maximum absolute atomic E-state index is 11.2. The van der Waals surface area contributed by atoms with Gasteiger partial charge in [-0.3, -0.25) is 9.69 Å². The number of primary amides is 1. The van der Waals surface area contributed by atoms with E-state index in [0.29, 0.717) is 6.42 Å². The first-order valence-electron chi connectivity index (χ1n) is 7.64. The molecule has 0 bridgehead atoms. The number of nitrogens with one attached hydrogen (secondary N) is 1. The fourth-order valence-electron chi connectivity index (χ4n) is 2.46. The minimum atomic E-state index is -0.311. The van der Waals surface area contributed by atoms with Gasteiger partial charge in [-0.05, 0) is 30.5 Å². The van der Waals surface area contributed by atoms with E-state index in [9.17, 15) is 4.79 Å². The Morgan fingerprint density at radius 2 is 2.00 bits per heavy atom. The van der Waals surface area contributed by atoms with Crippen LogP contribution in [-0.2, 0) is 16.0 Å². The largest absolute Gasteiger partial charge is 0.379 e. The van der Waals surface area contributed by atoms with E-state index in [1.165, 1.54) is 5.56 Å². The predicted octanol–water partition coefficient (Wildman–Crippen LogP) is 1.24. The summed E-state index contributed by atoms with van der Waals surface area (Å²) in [6.07, 6.45) is 1.72. The standard InChI is InChI=1S/C16H25N3O2/c1-2-15(16(17)20)18-14-5-3-13(4-6-14)7-8-19-9-11-21-12-10-19/h3-6,15,18H,2,7-12H2,1H3,(H2,17,20)/t15-/m0/s1. The van der Waals surface area contributed by atoms with E-state index in [-0.39, 0.29) is 11.9 Å². The Morgan fingerprint density at radius 1 is 1.33 bits per heavy atom.